The van der Waals surface area contributed by atoms with Crippen LogP contribution in [0.2, 0.25) is 0 Å². The molecule has 0 aromatic carbocycles. The van der Waals surface area contributed by atoms with E-state index in [1.165, 1.54) is 16.9 Å². The van der Waals surface area contributed by atoms with Crippen LogP contribution in [0.4, 0.5) is 0 Å². The van der Waals surface area contributed by atoms with Gasteiger partial charge in [-0.15, -0.1) is 11.3 Å². The van der Waals surface area contributed by atoms with Gasteiger partial charge in [0, 0.05) is 24.1 Å². The van der Waals surface area contributed by atoms with Gasteiger partial charge in [-0.3, -0.25) is 0 Å². The molecule has 0 aliphatic rings. The highest BCUT2D eigenvalue weighted by Gasteiger charge is 2.13. The maximum absolute atomic E-state index is 5.41. The number of thiophene rings is 1. The molecule has 1 N–H and O–H groups in total. The van der Waals surface area contributed by atoms with Gasteiger partial charge in [0.2, 0.25) is 0 Å². The van der Waals surface area contributed by atoms with E-state index >= 15 is 0 Å². The van der Waals surface area contributed by atoms with Crippen molar-refractivity contribution >= 4 is 11.3 Å². The van der Waals surface area contributed by atoms with Gasteiger partial charge in [-0.25, -0.2) is 0 Å². The Morgan fingerprint density at radius 2 is 2.24 bits per heavy atom. The molecule has 2 nitrogen and oxygen atoms in total. The number of hydrogen-bond donors (Lipinski definition) is 1. The predicted molar refractivity (Wildman–Crippen MR) is 75.8 cm³/mol. The van der Waals surface area contributed by atoms with Gasteiger partial charge in [0.05, 0.1) is 0 Å². The van der Waals surface area contributed by atoms with Gasteiger partial charge in [-0.2, -0.15) is 0 Å². The van der Waals surface area contributed by atoms with Crippen molar-refractivity contribution in [2.45, 2.75) is 46.1 Å². The second kappa shape index (κ2) is 8.67. The van der Waals surface area contributed by atoms with Gasteiger partial charge in [0.1, 0.15) is 0 Å². The summed E-state index contributed by atoms with van der Waals surface area (Å²) in [6, 6.07) is 2.76. The van der Waals surface area contributed by atoms with Gasteiger partial charge in [-0.05, 0) is 56.7 Å². The Balaban J connectivity index is 2.46. The van der Waals surface area contributed by atoms with E-state index in [0.717, 1.165) is 32.6 Å². The zero-order chi connectivity index (χ0) is 12.5. The number of rotatable bonds is 9. The standard InChI is InChI=1S/C14H25NOS/c1-4-9-15-14(7-6-10-16-5-2)13-8-11-17-12(13)3/h8,11,14-15H,4-7,9-10H2,1-3H3. The van der Waals surface area contributed by atoms with Crippen LogP contribution in [-0.4, -0.2) is 19.8 Å². The Bertz CT molecular complexity index is 298. The van der Waals surface area contributed by atoms with Crippen molar-refractivity contribution < 1.29 is 4.74 Å². The molecule has 1 atom stereocenters. The van der Waals surface area contributed by atoms with Gasteiger partial charge < -0.3 is 10.1 Å². The smallest absolute Gasteiger partial charge is 0.0466 e. The van der Waals surface area contributed by atoms with E-state index in [4.69, 9.17) is 4.74 Å². The first-order chi connectivity index (χ1) is 8.29. The molecule has 0 aliphatic carbocycles. The molecule has 0 amide bonds. The van der Waals surface area contributed by atoms with E-state index in [-0.39, 0.29) is 0 Å². The fourth-order valence-corrected chi connectivity index (χ4v) is 2.74. The largest absolute Gasteiger partial charge is 0.382 e. The molecular formula is C14H25NOS. The Labute approximate surface area is 109 Å². The zero-order valence-electron chi connectivity index (χ0n) is 11.3. The molecule has 0 saturated carbocycles. The molecule has 0 fully saturated rings. The minimum absolute atomic E-state index is 0.502. The van der Waals surface area contributed by atoms with Gasteiger partial charge >= 0.3 is 0 Å². The summed E-state index contributed by atoms with van der Waals surface area (Å²) in [6.45, 7) is 9.27. The highest BCUT2D eigenvalue weighted by atomic mass is 32.1. The van der Waals surface area contributed by atoms with Crippen LogP contribution in [0.3, 0.4) is 0 Å². The van der Waals surface area contributed by atoms with E-state index in [2.05, 4.69) is 37.5 Å². The van der Waals surface area contributed by atoms with E-state index in [0.29, 0.717) is 6.04 Å². The Morgan fingerprint density at radius 1 is 1.41 bits per heavy atom. The van der Waals surface area contributed by atoms with Crippen LogP contribution in [0.15, 0.2) is 11.4 Å². The van der Waals surface area contributed by atoms with Crippen molar-refractivity contribution in [3.8, 4) is 0 Å². The normalized spacial score (nSPS) is 12.9. The summed E-state index contributed by atoms with van der Waals surface area (Å²) in [7, 11) is 0. The molecule has 3 heteroatoms. The Morgan fingerprint density at radius 3 is 2.82 bits per heavy atom. The molecule has 1 rings (SSSR count). The monoisotopic (exact) mass is 255 g/mol. The van der Waals surface area contributed by atoms with Crippen molar-refractivity contribution in [2.24, 2.45) is 0 Å². The molecular weight excluding hydrogens is 230 g/mol. The number of aryl methyl sites for hydroxylation is 1. The molecule has 0 saturated heterocycles. The number of nitrogens with one attached hydrogen (secondary N) is 1. The lowest BCUT2D eigenvalue weighted by Crippen LogP contribution is -2.22. The second-order valence-corrected chi connectivity index (χ2v) is 5.40. The van der Waals surface area contributed by atoms with Crippen molar-refractivity contribution in [3.05, 3.63) is 21.9 Å². The van der Waals surface area contributed by atoms with Gasteiger partial charge in [-0.1, -0.05) is 6.92 Å². The molecule has 1 unspecified atom stereocenters. The molecule has 1 heterocycles. The van der Waals surface area contributed by atoms with E-state index in [1.54, 1.807) is 0 Å². The fourth-order valence-electron chi connectivity index (χ4n) is 1.98. The summed E-state index contributed by atoms with van der Waals surface area (Å²) in [5.74, 6) is 0. The maximum atomic E-state index is 5.41. The summed E-state index contributed by atoms with van der Waals surface area (Å²) in [4.78, 5) is 1.44. The lowest BCUT2D eigenvalue weighted by atomic mass is 10.0. The molecule has 0 radical (unpaired) electrons. The highest BCUT2D eigenvalue weighted by molar-refractivity contribution is 7.10. The van der Waals surface area contributed by atoms with Gasteiger partial charge in [0.15, 0.2) is 0 Å². The lowest BCUT2D eigenvalue weighted by Gasteiger charge is -2.18. The predicted octanol–water partition coefficient (Wildman–Crippen LogP) is 3.91. The molecule has 1 aromatic rings. The number of ether oxygens (including phenoxy) is 1. The first-order valence-corrected chi connectivity index (χ1v) is 7.52. The molecule has 17 heavy (non-hydrogen) atoms. The summed E-state index contributed by atoms with van der Waals surface area (Å²) in [6.07, 6.45) is 3.48. The summed E-state index contributed by atoms with van der Waals surface area (Å²) < 4.78 is 5.41. The Hall–Kier alpha value is -0.380. The van der Waals surface area contributed by atoms with Crippen LogP contribution >= 0.6 is 11.3 Å². The summed E-state index contributed by atoms with van der Waals surface area (Å²) >= 11 is 1.84. The minimum atomic E-state index is 0.502. The zero-order valence-corrected chi connectivity index (χ0v) is 12.1. The quantitative estimate of drug-likeness (QED) is 0.675. The SMILES string of the molecule is CCCNC(CCCOCC)c1ccsc1C. The third-order valence-electron chi connectivity index (χ3n) is 2.90. The molecule has 1 aromatic heterocycles. The lowest BCUT2D eigenvalue weighted by molar-refractivity contribution is 0.141. The average molecular weight is 255 g/mol. The third-order valence-corrected chi connectivity index (χ3v) is 3.76. The Kier molecular flexibility index (Phi) is 7.49. The molecule has 98 valence electrons. The van der Waals surface area contributed by atoms with Crippen LogP contribution in [0.5, 0.6) is 0 Å². The summed E-state index contributed by atoms with van der Waals surface area (Å²) in [5.41, 5.74) is 1.47. The van der Waals surface area contributed by atoms with Crippen LogP contribution < -0.4 is 5.32 Å². The summed E-state index contributed by atoms with van der Waals surface area (Å²) in [5, 5.41) is 5.83. The average Bonchev–Trinajstić information content (AvgIpc) is 2.75. The van der Waals surface area contributed by atoms with Crippen molar-refractivity contribution in [1.29, 1.82) is 0 Å². The first-order valence-electron chi connectivity index (χ1n) is 6.64. The van der Waals surface area contributed by atoms with Crippen LogP contribution in [0, 0.1) is 6.92 Å². The topological polar surface area (TPSA) is 21.3 Å². The van der Waals surface area contributed by atoms with Crippen LogP contribution in [0.1, 0.15) is 49.6 Å². The third kappa shape index (κ3) is 5.19. The first kappa shape index (κ1) is 14.7. The van der Waals surface area contributed by atoms with Crippen LogP contribution in [-0.2, 0) is 4.74 Å². The van der Waals surface area contributed by atoms with Crippen molar-refractivity contribution in [2.75, 3.05) is 19.8 Å². The molecule has 0 bridgehead atoms. The van der Waals surface area contributed by atoms with Crippen molar-refractivity contribution in [3.63, 3.8) is 0 Å². The maximum Gasteiger partial charge on any atom is 0.0466 e. The highest BCUT2D eigenvalue weighted by Crippen LogP contribution is 2.26. The number of hydrogen-bond acceptors (Lipinski definition) is 3. The second-order valence-electron chi connectivity index (χ2n) is 4.28. The molecule has 0 aliphatic heterocycles. The van der Waals surface area contributed by atoms with Crippen LogP contribution in [0.25, 0.3) is 0 Å². The van der Waals surface area contributed by atoms with Crippen molar-refractivity contribution in [1.82, 2.24) is 5.32 Å². The van der Waals surface area contributed by atoms with E-state index in [9.17, 15) is 0 Å². The van der Waals surface area contributed by atoms with E-state index in [1.807, 2.05) is 11.3 Å². The fraction of sp³-hybridized carbons (Fsp3) is 0.714. The van der Waals surface area contributed by atoms with E-state index < -0.39 is 0 Å². The minimum Gasteiger partial charge on any atom is -0.382 e. The molecule has 0 spiro atoms. The van der Waals surface area contributed by atoms with Gasteiger partial charge in [0.25, 0.3) is 0 Å².